The molecule has 1 heterocycles. The molecule has 0 aliphatic carbocycles. The first-order chi connectivity index (χ1) is 12.2. The Balaban J connectivity index is 0.00000243. The summed E-state index contributed by atoms with van der Waals surface area (Å²) in [6.45, 7) is 3.86. The summed E-state index contributed by atoms with van der Waals surface area (Å²) in [4.78, 5) is 12.7. The predicted molar refractivity (Wildman–Crippen MR) is 104 cm³/mol. The molecule has 2 N–H and O–H groups in total. The lowest BCUT2D eigenvalue weighted by Crippen LogP contribution is -2.27. The number of halogens is 1. The number of benzene rings is 2. The first-order valence-electron chi connectivity index (χ1n) is 8.52. The van der Waals surface area contributed by atoms with Crippen molar-refractivity contribution in [1.82, 2.24) is 4.90 Å². The number of nitro groups is 1. The molecule has 26 heavy (non-hydrogen) atoms. The zero-order valence-electron chi connectivity index (χ0n) is 14.5. The van der Waals surface area contributed by atoms with Crippen molar-refractivity contribution in [2.75, 3.05) is 32.8 Å². The van der Waals surface area contributed by atoms with Crippen molar-refractivity contribution in [2.45, 2.75) is 5.92 Å². The summed E-state index contributed by atoms with van der Waals surface area (Å²) in [5.41, 5.74) is 7.35. The fourth-order valence-electron chi connectivity index (χ4n) is 3.44. The Kier molecular flexibility index (Phi) is 7.38. The van der Waals surface area contributed by atoms with Crippen LogP contribution in [-0.4, -0.2) is 42.6 Å². The number of rotatable bonds is 7. The van der Waals surface area contributed by atoms with E-state index in [-0.39, 0.29) is 18.1 Å². The summed E-state index contributed by atoms with van der Waals surface area (Å²) >= 11 is 0. The van der Waals surface area contributed by atoms with E-state index in [9.17, 15) is 10.1 Å². The molecule has 6 nitrogen and oxygen atoms in total. The minimum Gasteiger partial charge on any atom is -0.492 e. The molecule has 1 aliphatic heterocycles. The van der Waals surface area contributed by atoms with Crippen LogP contribution in [0.5, 0.6) is 5.75 Å². The lowest BCUT2D eigenvalue weighted by Gasteiger charge is -2.17. The smallest absolute Gasteiger partial charge is 0.273 e. The number of non-ortho nitro benzene ring substituents is 1. The first-order valence-corrected chi connectivity index (χ1v) is 8.52. The lowest BCUT2D eigenvalue weighted by molar-refractivity contribution is -0.384. The monoisotopic (exact) mass is 377 g/mol. The van der Waals surface area contributed by atoms with Crippen LogP contribution in [0.4, 0.5) is 5.69 Å². The Labute approximate surface area is 159 Å². The number of nitro benzene ring substituents is 1. The van der Waals surface area contributed by atoms with E-state index in [2.05, 4.69) is 29.2 Å². The van der Waals surface area contributed by atoms with Crippen molar-refractivity contribution in [1.29, 1.82) is 0 Å². The van der Waals surface area contributed by atoms with Gasteiger partial charge in [-0.2, -0.15) is 0 Å². The summed E-state index contributed by atoms with van der Waals surface area (Å²) in [5.74, 6) is 1.42. The topological polar surface area (TPSA) is 81.6 Å². The van der Waals surface area contributed by atoms with Gasteiger partial charge < -0.3 is 10.5 Å². The molecule has 0 aromatic heterocycles. The highest BCUT2D eigenvalue weighted by Crippen LogP contribution is 2.31. The number of hydrogen-bond acceptors (Lipinski definition) is 5. The van der Waals surface area contributed by atoms with Crippen LogP contribution in [0.25, 0.3) is 0 Å². The summed E-state index contributed by atoms with van der Waals surface area (Å²) in [5, 5.41) is 10.8. The van der Waals surface area contributed by atoms with E-state index in [1.807, 2.05) is 6.07 Å². The molecule has 140 valence electrons. The van der Waals surface area contributed by atoms with E-state index in [0.717, 1.165) is 19.6 Å². The van der Waals surface area contributed by atoms with Gasteiger partial charge in [0.05, 0.1) is 11.0 Å². The van der Waals surface area contributed by atoms with E-state index in [0.29, 0.717) is 30.7 Å². The second-order valence-corrected chi connectivity index (χ2v) is 6.38. The van der Waals surface area contributed by atoms with Crippen molar-refractivity contribution in [3.05, 3.63) is 70.3 Å². The molecule has 2 aromatic rings. The summed E-state index contributed by atoms with van der Waals surface area (Å²) in [6, 6.07) is 16.8. The normalized spacial score (nSPS) is 19.7. The molecule has 1 saturated heterocycles. The summed E-state index contributed by atoms with van der Waals surface area (Å²) in [6.07, 6.45) is 0. The SMILES string of the molecule is Cl.NC[C@@H]1CN(CCOc2cccc([N+](=O)[O-])c2)C[C@H]1c1ccccc1. The van der Waals surface area contributed by atoms with Gasteiger partial charge in [0.2, 0.25) is 0 Å². The van der Waals surface area contributed by atoms with E-state index >= 15 is 0 Å². The molecular formula is C19H24ClN3O3. The molecule has 0 spiro atoms. The highest BCUT2D eigenvalue weighted by molar-refractivity contribution is 5.85. The molecular weight excluding hydrogens is 354 g/mol. The van der Waals surface area contributed by atoms with Gasteiger partial charge in [-0.1, -0.05) is 36.4 Å². The molecule has 0 bridgehead atoms. The Morgan fingerprint density at radius 2 is 1.92 bits per heavy atom. The van der Waals surface area contributed by atoms with Gasteiger partial charge in [0.1, 0.15) is 12.4 Å². The van der Waals surface area contributed by atoms with Crippen LogP contribution in [0.1, 0.15) is 11.5 Å². The van der Waals surface area contributed by atoms with Crippen LogP contribution >= 0.6 is 12.4 Å². The Hall–Kier alpha value is -2.15. The third-order valence-electron chi connectivity index (χ3n) is 4.75. The van der Waals surface area contributed by atoms with Crippen molar-refractivity contribution in [3.8, 4) is 5.75 Å². The van der Waals surface area contributed by atoms with Crippen molar-refractivity contribution < 1.29 is 9.66 Å². The highest BCUT2D eigenvalue weighted by Gasteiger charge is 2.32. The average Bonchev–Trinajstić information content (AvgIpc) is 3.06. The summed E-state index contributed by atoms with van der Waals surface area (Å²) < 4.78 is 5.69. The fourth-order valence-corrected chi connectivity index (χ4v) is 3.44. The lowest BCUT2D eigenvalue weighted by atomic mass is 9.89. The molecule has 2 aromatic carbocycles. The Morgan fingerprint density at radius 3 is 2.62 bits per heavy atom. The fraction of sp³-hybridized carbons (Fsp3) is 0.368. The zero-order chi connectivity index (χ0) is 17.6. The molecule has 0 unspecified atom stereocenters. The molecule has 0 radical (unpaired) electrons. The third kappa shape index (κ3) is 4.94. The van der Waals surface area contributed by atoms with Crippen molar-refractivity contribution >= 4 is 18.1 Å². The van der Waals surface area contributed by atoms with Gasteiger partial charge in [-0.25, -0.2) is 0 Å². The standard InChI is InChI=1S/C19H23N3O3.ClH/c20-12-16-13-21(14-19(16)15-5-2-1-3-6-15)9-10-25-18-8-4-7-17(11-18)22(23)24;/h1-8,11,16,19H,9-10,12-14,20H2;1H/t16-,19+;/m1./s1. The van der Waals surface area contributed by atoms with Crippen LogP contribution in [0, 0.1) is 16.0 Å². The second kappa shape index (κ2) is 9.52. The number of nitrogens with two attached hydrogens (primary N) is 1. The van der Waals surface area contributed by atoms with E-state index in [1.165, 1.54) is 17.7 Å². The quantitative estimate of drug-likeness (QED) is 0.592. The van der Waals surface area contributed by atoms with Crippen molar-refractivity contribution in [3.63, 3.8) is 0 Å². The van der Waals surface area contributed by atoms with E-state index < -0.39 is 4.92 Å². The van der Waals surface area contributed by atoms with Gasteiger partial charge in [-0.05, 0) is 24.1 Å². The second-order valence-electron chi connectivity index (χ2n) is 6.38. The molecule has 3 rings (SSSR count). The van der Waals surface area contributed by atoms with Crippen LogP contribution in [-0.2, 0) is 0 Å². The van der Waals surface area contributed by atoms with Crippen LogP contribution in [0.3, 0.4) is 0 Å². The maximum atomic E-state index is 10.8. The van der Waals surface area contributed by atoms with E-state index in [1.54, 1.807) is 12.1 Å². The number of ether oxygens (including phenoxy) is 1. The number of nitrogens with zero attached hydrogens (tertiary/aromatic N) is 2. The van der Waals surface area contributed by atoms with Crippen LogP contribution < -0.4 is 10.5 Å². The van der Waals surface area contributed by atoms with Gasteiger partial charge in [-0.15, -0.1) is 12.4 Å². The third-order valence-corrected chi connectivity index (χ3v) is 4.75. The maximum absolute atomic E-state index is 10.8. The molecule has 0 amide bonds. The Bertz CT molecular complexity index is 714. The van der Waals surface area contributed by atoms with Crippen molar-refractivity contribution in [2.24, 2.45) is 11.7 Å². The van der Waals surface area contributed by atoms with Crippen LogP contribution in [0.2, 0.25) is 0 Å². The highest BCUT2D eigenvalue weighted by atomic mass is 35.5. The predicted octanol–water partition coefficient (Wildman–Crippen LogP) is 3.07. The average molecular weight is 378 g/mol. The Morgan fingerprint density at radius 1 is 1.15 bits per heavy atom. The minimum absolute atomic E-state index is 0. The molecule has 7 heteroatoms. The van der Waals surface area contributed by atoms with Crippen LogP contribution in [0.15, 0.2) is 54.6 Å². The molecule has 1 fully saturated rings. The van der Waals surface area contributed by atoms with Gasteiger partial charge in [0.25, 0.3) is 5.69 Å². The zero-order valence-corrected chi connectivity index (χ0v) is 15.3. The maximum Gasteiger partial charge on any atom is 0.273 e. The number of likely N-dealkylation sites (tertiary alicyclic amines) is 1. The van der Waals surface area contributed by atoms with Gasteiger partial charge >= 0.3 is 0 Å². The molecule has 1 aliphatic rings. The summed E-state index contributed by atoms with van der Waals surface area (Å²) in [7, 11) is 0. The number of hydrogen-bond donors (Lipinski definition) is 1. The molecule has 0 saturated carbocycles. The van der Waals surface area contributed by atoms with Gasteiger partial charge in [-0.3, -0.25) is 15.0 Å². The molecule has 2 atom stereocenters. The van der Waals surface area contributed by atoms with Gasteiger partial charge in [0.15, 0.2) is 0 Å². The van der Waals surface area contributed by atoms with E-state index in [4.69, 9.17) is 10.5 Å². The van der Waals surface area contributed by atoms with Gasteiger partial charge in [0, 0.05) is 31.6 Å². The first kappa shape index (κ1) is 20.2. The minimum atomic E-state index is -0.413. The largest absolute Gasteiger partial charge is 0.492 e.